The summed E-state index contributed by atoms with van der Waals surface area (Å²) in [4.78, 5) is 17.0. The van der Waals surface area contributed by atoms with Crippen molar-refractivity contribution in [3.05, 3.63) is 34.2 Å². The number of imidazole rings is 1. The highest BCUT2D eigenvalue weighted by Gasteiger charge is 2.35. The molecule has 0 atom stereocenters. The molecule has 124 valence electrons. The summed E-state index contributed by atoms with van der Waals surface area (Å²) in [5, 5.41) is 2.97. The number of hydrogen-bond donors (Lipinski definition) is 1. The first-order valence-corrected chi connectivity index (χ1v) is 9.98. The predicted molar refractivity (Wildman–Crippen MR) is 91.4 cm³/mol. The summed E-state index contributed by atoms with van der Waals surface area (Å²) in [5.74, 6) is -0.0361. The monoisotopic (exact) mass is 399 g/mol. The second kappa shape index (κ2) is 5.59. The Hall–Kier alpha value is -1.41. The van der Waals surface area contributed by atoms with Gasteiger partial charge in [-0.25, -0.2) is 13.4 Å². The van der Waals surface area contributed by atoms with E-state index in [9.17, 15) is 13.2 Å². The van der Waals surface area contributed by atoms with Gasteiger partial charge in [0.05, 0.1) is 17.2 Å². The summed E-state index contributed by atoms with van der Waals surface area (Å²) in [5.41, 5.74) is 1.32. The van der Waals surface area contributed by atoms with Crippen molar-refractivity contribution in [2.45, 2.75) is 32.2 Å². The van der Waals surface area contributed by atoms with Gasteiger partial charge in [0.25, 0.3) is 5.91 Å². The van der Waals surface area contributed by atoms with Crippen LogP contribution in [0.25, 0.3) is 5.65 Å². The van der Waals surface area contributed by atoms with Crippen molar-refractivity contribution < 1.29 is 13.2 Å². The smallest absolute Gasteiger partial charge is 0.272 e. The third-order valence-electron chi connectivity index (χ3n) is 4.38. The molecule has 1 N–H and O–H groups in total. The minimum Gasteiger partial charge on any atom is -0.345 e. The van der Waals surface area contributed by atoms with Gasteiger partial charge < -0.3 is 9.72 Å². The molecule has 3 rings (SSSR count). The van der Waals surface area contributed by atoms with Crippen LogP contribution in [0.5, 0.6) is 0 Å². The first-order chi connectivity index (χ1) is 10.7. The van der Waals surface area contributed by atoms with Gasteiger partial charge in [-0.3, -0.25) is 4.79 Å². The largest absolute Gasteiger partial charge is 0.345 e. The van der Waals surface area contributed by atoms with E-state index in [2.05, 4.69) is 26.2 Å². The number of aromatic nitrogens is 2. The average Bonchev–Trinajstić information content (AvgIpc) is 2.80. The number of carbonyl (C=O) groups excluding carboxylic acids is 1. The van der Waals surface area contributed by atoms with Gasteiger partial charge in [-0.05, 0) is 54.8 Å². The van der Waals surface area contributed by atoms with Crippen molar-refractivity contribution in [2.75, 3.05) is 11.5 Å². The quantitative estimate of drug-likeness (QED) is 0.838. The van der Waals surface area contributed by atoms with E-state index in [1.165, 1.54) is 0 Å². The van der Waals surface area contributed by atoms with Gasteiger partial charge in [-0.15, -0.1) is 0 Å². The molecule has 1 amide bonds. The van der Waals surface area contributed by atoms with E-state index in [0.717, 1.165) is 10.2 Å². The molecular formula is C15H18BrN3O3S. The molecule has 0 aliphatic carbocycles. The fourth-order valence-electron chi connectivity index (χ4n) is 2.80. The maximum Gasteiger partial charge on any atom is 0.272 e. The number of hydrogen-bond acceptors (Lipinski definition) is 4. The van der Waals surface area contributed by atoms with E-state index in [4.69, 9.17) is 0 Å². The molecule has 0 saturated carbocycles. The summed E-state index contributed by atoms with van der Waals surface area (Å²) < 4.78 is 25.9. The van der Waals surface area contributed by atoms with Crippen LogP contribution >= 0.6 is 15.9 Å². The van der Waals surface area contributed by atoms with Crippen LogP contribution in [0.2, 0.25) is 0 Å². The first kappa shape index (κ1) is 16.4. The molecule has 0 aromatic carbocycles. The number of rotatable bonds is 2. The third-order valence-corrected chi connectivity index (χ3v) is 6.50. The second-order valence-corrected chi connectivity index (χ2v) is 9.51. The summed E-state index contributed by atoms with van der Waals surface area (Å²) in [6, 6.07) is 3.71. The van der Waals surface area contributed by atoms with Crippen molar-refractivity contribution >= 4 is 37.3 Å². The van der Waals surface area contributed by atoms with Crippen molar-refractivity contribution in [1.29, 1.82) is 0 Å². The minimum atomic E-state index is -2.96. The fourth-order valence-corrected chi connectivity index (χ4v) is 4.86. The Labute approximate surface area is 143 Å². The Morgan fingerprint density at radius 2 is 2.00 bits per heavy atom. The van der Waals surface area contributed by atoms with Gasteiger partial charge in [0, 0.05) is 16.2 Å². The molecule has 1 aliphatic rings. The second-order valence-electron chi connectivity index (χ2n) is 6.29. The minimum absolute atomic E-state index is 0.112. The van der Waals surface area contributed by atoms with Crippen molar-refractivity contribution in [2.24, 2.45) is 0 Å². The van der Waals surface area contributed by atoms with Gasteiger partial charge >= 0.3 is 0 Å². The zero-order valence-corrected chi connectivity index (χ0v) is 15.4. The SMILES string of the molecule is Cc1c(C(=O)NC2(C)CCS(=O)(=O)CC2)nc2ccc(Br)cn12. The lowest BCUT2D eigenvalue weighted by Gasteiger charge is -2.34. The zero-order chi connectivity index (χ0) is 16.8. The average molecular weight is 400 g/mol. The highest BCUT2D eigenvalue weighted by atomic mass is 79.9. The molecule has 1 fully saturated rings. The summed E-state index contributed by atoms with van der Waals surface area (Å²) in [7, 11) is -2.96. The molecule has 0 radical (unpaired) electrons. The number of sulfone groups is 1. The Balaban J connectivity index is 1.85. The third kappa shape index (κ3) is 3.28. The van der Waals surface area contributed by atoms with Crippen LogP contribution in [0.3, 0.4) is 0 Å². The Morgan fingerprint density at radius 3 is 2.65 bits per heavy atom. The summed E-state index contributed by atoms with van der Waals surface area (Å²) in [6.45, 7) is 3.73. The number of halogens is 1. The number of pyridine rings is 1. The maximum atomic E-state index is 12.6. The number of carbonyl (C=O) groups is 1. The number of aryl methyl sites for hydroxylation is 1. The molecule has 6 nitrogen and oxygen atoms in total. The van der Waals surface area contributed by atoms with Crippen molar-refractivity contribution in [3.8, 4) is 0 Å². The van der Waals surface area contributed by atoms with Crippen molar-refractivity contribution in [3.63, 3.8) is 0 Å². The lowest BCUT2D eigenvalue weighted by molar-refractivity contribution is 0.0894. The molecule has 2 aromatic heterocycles. The van der Waals surface area contributed by atoms with Gasteiger partial charge in [0.1, 0.15) is 21.2 Å². The van der Waals surface area contributed by atoms with Crippen molar-refractivity contribution in [1.82, 2.24) is 14.7 Å². The fraction of sp³-hybridized carbons (Fsp3) is 0.467. The predicted octanol–water partition coefficient (Wildman–Crippen LogP) is 2.10. The van der Waals surface area contributed by atoms with E-state index in [0.29, 0.717) is 24.2 Å². The van der Waals surface area contributed by atoms with Crippen LogP contribution in [-0.4, -0.2) is 40.8 Å². The lowest BCUT2D eigenvalue weighted by atomic mass is 9.94. The highest BCUT2D eigenvalue weighted by molar-refractivity contribution is 9.10. The van der Waals surface area contributed by atoms with Crippen LogP contribution in [0, 0.1) is 6.92 Å². The molecule has 2 aromatic rings. The maximum absolute atomic E-state index is 12.6. The molecular weight excluding hydrogens is 382 g/mol. The standard InChI is InChI=1S/C15H18BrN3O3S/c1-10-13(17-12-4-3-11(16)9-19(10)12)14(20)18-15(2)5-7-23(21,22)8-6-15/h3-4,9H,5-8H2,1-2H3,(H,18,20). The molecule has 0 unspecified atom stereocenters. The molecule has 23 heavy (non-hydrogen) atoms. The molecule has 8 heteroatoms. The van der Waals surface area contributed by atoms with Gasteiger partial charge in [0.15, 0.2) is 0 Å². The summed E-state index contributed by atoms with van der Waals surface area (Å²) >= 11 is 3.41. The molecule has 1 saturated heterocycles. The van der Waals surface area contributed by atoms with E-state index in [-0.39, 0.29) is 17.4 Å². The van der Waals surface area contributed by atoms with E-state index in [1.54, 1.807) is 0 Å². The Bertz CT molecular complexity index is 875. The zero-order valence-electron chi connectivity index (χ0n) is 13.0. The van der Waals surface area contributed by atoms with Crippen LogP contribution < -0.4 is 5.32 Å². The molecule has 1 aliphatic heterocycles. The van der Waals surface area contributed by atoms with E-state index in [1.807, 2.05) is 36.6 Å². The molecule has 0 bridgehead atoms. The summed E-state index contributed by atoms with van der Waals surface area (Å²) in [6.07, 6.45) is 2.72. The van der Waals surface area contributed by atoms with E-state index >= 15 is 0 Å². The number of amides is 1. The molecule has 0 spiro atoms. The van der Waals surface area contributed by atoms with Gasteiger partial charge in [-0.2, -0.15) is 0 Å². The number of nitrogens with one attached hydrogen (secondary N) is 1. The normalized spacial score (nSPS) is 19.6. The Kier molecular flexibility index (Phi) is 4.00. The van der Waals surface area contributed by atoms with E-state index < -0.39 is 15.4 Å². The topological polar surface area (TPSA) is 80.5 Å². The Morgan fingerprint density at radius 1 is 1.35 bits per heavy atom. The first-order valence-electron chi connectivity index (χ1n) is 7.36. The van der Waals surface area contributed by atoms with Gasteiger partial charge in [-0.1, -0.05) is 0 Å². The van der Waals surface area contributed by atoms with Crippen LogP contribution in [0.15, 0.2) is 22.8 Å². The van der Waals surface area contributed by atoms with Crippen LogP contribution in [-0.2, 0) is 9.84 Å². The van der Waals surface area contributed by atoms with Gasteiger partial charge in [0.2, 0.25) is 0 Å². The van der Waals surface area contributed by atoms with Crippen LogP contribution in [0.1, 0.15) is 35.9 Å². The molecule has 3 heterocycles. The number of nitrogens with zero attached hydrogens (tertiary/aromatic N) is 2. The number of fused-ring (bicyclic) bond motifs is 1. The van der Waals surface area contributed by atoms with Crippen LogP contribution in [0.4, 0.5) is 0 Å². The lowest BCUT2D eigenvalue weighted by Crippen LogP contribution is -2.51. The highest BCUT2D eigenvalue weighted by Crippen LogP contribution is 2.24.